The van der Waals surface area contributed by atoms with E-state index < -0.39 is 0 Å². The molecule has 0 bridgehead atoms. The third kappa shape index (κ3) is 2.66. The van der Waals surface area contributed by atoms with Crippen molar-refractivity contribution < 1.29 is 5.11 Å². The van der Waals surface area contributed by atoms with Crippen LogP contribution in [0.2, 0.25) is 0 Å². The van der Waals surface area contributed by atoms with Crippen LogP contribution in [0.1, 0.15) is 37.9 Å². The van der Waals surface area contributed by atoms with Gasteiger partial charge in [-0.1, -0.05) is 31.4 Å². The first-order valence-corrected chi connectivity index (χ1v) is 7.43. The molecule has 3 rings (SSSR count). The highest BCUT2D eigenvalue weighted by molar-refractivity contribution is 5.75. The molecule has 1 N–H and O–H groups in total. The fourth-order valence-corrected chi connectivity index (χ4v) is 3.25. The van der Waals surface area contributed by atoms with Crippen molar-refractivity contribution in [2.75, 3.05) is 6.61 Å². The number of para-hydroxylation sites is 2. The van der Waals surface area contributed by atoms with Gasteiger partial charge in [0.2, 0.25) is 0 Å². The van der Waals surface area contributed by atoms with Gasteiger partial charge in [0.05, 0.1) is 17.6 Å². The lowest BCUT2D eigenvalue weighted by Crippen LogP contribution is -2.16. The quantitative estimate of drug-likeness (QED) is 0.914. The Morgan fingerprint density at radius 3 is 2.74 bits per heavy atom. The van der Waals surface area contributed by atoms with E-state index in [0.717, 1.165) is 23.8 Å². The van der Waals surface area contributed by atoms with E-state index in [0.29, 0.717) is 6.42 Å². The summed E-state index contributed by atoms with van der Waals surface area (Å²) in [5, 5.41) is 9.22. The predicted molar refractivity (Wildman–Crippen MR) is 77.1 cm³/mol. The Balaban J connectivity index is 1.92. The van der Waals surface area contributed by atoms with E-state index in [1.165, 1.54) is 37.6 Å². The lowest BCUT2D eigenvalue weighted by Gasteiger charge is -2.23. The van der Waals surface area contributed by atoms with Crippen LogP contribution >= 0.6 is 0 Å². The summed E-state index contributed by atoms with van der Waals surface area (Å²) < 4.78 is 2.33. The molecule has 102 valence electrons. The van der Waals surface area contributed by atoms with Gasteiger partial charge in [-0.2, -0.15) is 0 Å². The Morgan fingerprint density at radius 2 is 1.95 bits per heavy atom. The molecule has 0 spiro atoms. The molecule has 0 radical (unpaired) electrons. The van der Waals surface area contributed by atoms with Crippen molar-refractivity contribution in [3.8, 4) is 0 Å². The third-order valence-corrected chi connectivity index (χ3v) is 4.23. The monoisotopic (exact) mass is 258 g/mol. The van der Waals surface area contributed by atoms with Crippen molar-refractivity contribution in [3.05, 3.63) is 30.1 Å². The van der Waals surface area contributed by atoms with Gasteiger partial charge in [0.15, 0.2) is 0 Å². The van der Waals surface area contributed by atoms with E-state index >= 15 is 0 Å². The number of fused-ring (bicyclic) bond motifs is 1. The second kappa shape index (κ2) is 5.74. The van der Waals surface area contributed by atoms with E-state index in [-0.39, 0.29) is 6.61 Å². The lowest BCUT2D eigenvalue weighted by atomic mass is 9.89. The third-order valence-electron chi connectivity index (χ3n) is 4.23. The van der Waals surface area contributed by atoms with Crippen molar-refractivity contribution in [2.24, 2.45) is 5.92 Å². The predicted octanol–water partition coefficient (Wildman–Crippen LogP) is 3.15. The Labute approximate surface area is 114 Å². The van der Waals surface area contributed by atoms with Crippen molar-refractivity contribution in [3.63, 3.8) is 0 Å². The van der Waals surface area contributed by atoms with Crippen LogP contribution in [0.25, 0.3) is 11.0 Å². The Kier molecular flexibility index (Phi) is 3.83. The Morgan fingerprint density at radius 1 is 1.16 bits per heavy atom. The van der Waals surface area contributed by atoms with Crippen molar-refractivity contribution >= 4 is 11.0 Å². The number of benzene rings is 1. The van der Waals surface area contributed by atoms with Gasteiger partial charge in [-0.3, -0.25) is 0 Å². The topological polar surface area (TPSA) is 38.1 Å². The number of rotatable bonds is 4. The number of hydrogen-bond donors (Lipinski definition) is 1. The van der Waals surface area contributed by atoms with Crippen LogP contribution in [0.4, 0.5) is 0 Å². The van der Waals surface area contributed by atoms with Crippen LogP contribution in [-0.4, -0.2) is 21.3 Å². The molecule has 0 saturated heterocycles. The maximum atomic E-state index is 9.22. The first-order valence-electron chi connectivity index (χ1n) is 7.43. The zero-order valence-electron chi connectivity index (χ0n) is 11.4. The Bertz CT molecular complexity index is 541. The zero-order valence-corrected chi connectivity index (χ0v) is 11.4. The summed E-state index contributed by atoms with van der Waals surface area (Å²) in [4.78, 5) is 4.67. The zero-order chi connectivity index (χ0) is 13.1. The minimum Gasteiger partial charge on any atom is -0.396 e. The van der Waals surface area contributed by atoms with Gasteiger partial charge in [0.25, 0.3) is 0 Å². The average Bonchev–Trinajstić information content (AvgIpc) is 2.79. The van der Waals surface area contributed by atoms with Crippen LogP contribution in [0.15, 0.2) is 24.3 Å². The minimum absolute atomic E-state index is 0.175. The van der Waals surface area contributed by atoms with Gasteiger partial charge in [0, 0.05) is 13.0 Å². The summed E-state index contributed by atoms with van der Waals surface area (Å²) in [5.41, 5.74) is 2.28. The Hall–Kier alpha value is -1.35. The number of hydrogen-bond acceptors (Lipinski definition) is 2. The van der Waals surface area contributed by atoms with Crippen LogP contribution in [0.5, 0.6) is 0 Å². The van der Waals surface area contributed by atoms with Gasteiger partial charge >= 0.3 is 0 Å². The van der Waals surface area contributed by atoms with Crippen LogP contribution in [0, 0.1) is 5.92 Å². The maximum Gasteiger partial charge on any atom is 0.112 e. The second-order valence-corrected chi connectivity index (χ2v) is 5.60. The van der Waals surface area contributed by atoms with E-state index in [2.05, 4.69) is 27.8 Å². The van der Waals surface area contributed by atoms with Gasteiger partial charge in [-0.05, 0) is 30.9 Å². The molecular weight excluding hydrogens is 236 g/mol. The first kappa shape index (κ1) is 12.7. The van der Waals surface area contributed by atoms with Gasteiger partial charge < -0.3 is 9.67 Å². The van der Waals surface area contributed by atoms with E-state index in [9.17, 15) is 5.11 Å². The van der Waals surface area contributed by atoms with Crippen LogP contribution in [-0.2, 0) is 13.0 Å². The molecule has 0 atom stereocenters. The van der Waals surface area contributed by atoms with Crippen LogP contribution < -0.4 is 0 Å². The van der Waals surface area contributed by atoms with Gasteiger partial charge in [0.1, 0.15) is 5.82 Å². The average molecular weight is 258 g/mol. The summed E-state index contributed by atoms with van der Waals surface area (Å²) in [6.07, 6.45) is 7.46. The standard InChI is InChI=1S/C16H22N2O/c19-11-10-16-17-14-8-4-5-9-15(14)18(16)12-13-6-2-1-3-7-13/h4-5,8-9,13,19H,1-3,6-7,10-12H2. The fraction of sp³-hybridized carbons (Fsp3) is 0.562. The fourth-order valence-electron chi connectivity index (χ4n) is 3.25. The van der Waals surface area contributed by atoms with Gasteiger partial charge in [-0.15, -0.1) is 0 Å². The number of aliphatic hydroxyl groups excluding tert-OH is 1. The molecule has 19 heavy (non-hydrogen) atoms. The molecular formula is C16H22N2O. The number of nitrogens with zero attached hydrogens (tertiary/aromatic N) is 2. The SMILES string of the molecule is OCCc1nc2ccccc2n1CC1CCCCC1. The molecule has 1 aromatic heterocycles. The highest BCUT2D eigenvalue weighted by Crippen LogP contribution is 2.27. The van der Waals surface area contributed by atoms with Crippen LogP contribution in [0.3, 0.4) is 0 Å². The molecule has 0 amide bonds. The van der Waals surface area contributed by atoms with Crippen molar-refractivity contribution in [2.45, 2.75) is 45.1 Å². The number of aromatic nitrogens is 2. The number of imidazole rings is 1. The molecule has 0 unspecified atom stereocenters. The largest absolute Gasteiger partial charge is 0.396 e. The molecule has 1 aliphatic rings. The molecule has 1 fully saturated rings. The molecule has 1 aromatic carbocycles. The van der Waals surface area contributed by atoms with E-state index in [1.807, 2.05) is 6.07 Å². The summed E-state index contributed by atoms with van der Waals surface area (Å²) in [5.74, 6) is 1.82. The highest BCUT2D eigenvalue weighted by Gasteiger charge is 2.17. The normalized spacial score (nSPS) is 17.1. The second-order valence-electron chi connectivity index (χ2n) is 5.60. The summed E-state index contributed by atoms with van der Waals surface area (Å²) in [7, 11) is 0. The molecule has 3 nitrogen and oxygen atoms in total. The van der Waals surface area contributed by atoms with Gasteiger partial charge in [-0.25, -0.2) is 4.98 Å². The summed E-state index contributed by atoms with van der Waals surface area (Å²) in [6, 6.07) is 8.31. The molecule has 0 aliphatic heterocycles. The lowest BCUT2D eigenvalue weighted by molar-refractivity contribution is 0.287. The van der Waals surface area contributed by atoms with Crippen molar-refractivity contribution in [1.82, 2.24) is 9.55 Å². The summed E-state index contributed by atoms with van der Waals surface area (Å²) >= 11 is 0. The van der Waals surface area contributed by atoms with Crippen molar-refractivity contribution in [1.29, 1.82) is 0 Å². The molecule has 1 aliphatic carbocycles. The smallest absolute Gasteiger partial charge is 0.112 e. The van der Waals surface area contributed by atoms with E-state index in [4.69, 9.17) is 0 Å². The summed E-state index contributed by atoms with van der Waals surface area (Å²) in [6.45, 7) is 1.24. The molecule has 1 saturated carbocycles. The number of aliphatic hydroxyl groups is 1. The highest BCUT2D eigenvalue weighted by atomic mass is 16.3. The minimum atomic E-state index is 0.175. The van der Waals surface area contributed by atoms with E-state index in [1.54, 1.807) is 0 Å². The molecule has 3 heteroatoms. The molecule has 2 aromatic rings. The molecule has 1 heterocycles. The first-order chi connectivity index (χ1) is 9.38. The maximum absolute atomic E-state index is 9.22.